The Bertz CT molecular complexity index is 708. The van der Waals surface area contributed by atoms with Gasteiger partial charge in [0.2, 0.25) is 0 Å². The summed E-state index contributed by atoms with van der Waals surface area (Å²) in [5, 5.41) is 7.22. The molecule has 0 radical (unpaired) electrons. The normalized spacial score (nSPS) is 11.9. The highest BCUT2D eigenvalue weighted by Crippen LogP contribution is 2.30. The number of halogens is 1. The first kappa shape index (κ1) is 16.3. The number of nitrogens with one attached hydrogen (secondary N) is 2. The van der Waals surface area contributed by atoms with Gasteiger partial charge in [0.1, 0.15) is 0 Å². The first-order chi connectivity index (χ1) is 10.3. The Morgan fingerprint density at radius 2 is 1.91 bits per heavy atom. The highest BCUT2D eigenvalue weighted by atomic mass is 35.5. The van der Waals surface area contributed by atoms with Crippen LogP contribution in [0.2, 0.25) is 0 Å². The Morgan fingerprint density at radius 1 is 1.18 bits per heavy atom. The van der Waals surface area contributed by atoms with Crippen LogP contribution in [0.15, 0.2) is 47.2 Å². The molecule has 6 heteroatoms. The van der Waals surface area contributed by atoms with Gasteiger partial charge in [-0.15, -0.1) is 12.4 Å². The average molecular weight is 319 g/mol. The predicted molar refractivity (Wildman–Crippen MR) is 89.0 cm³/mol. The smallest absolute Gasteiger partial charge is 0.260 e. The van der Waals surface area contributed by atoms with Crippen molar-refractivity contribution < 1.29 is 4.52 Å². The Hall–Kier alpha value is -2.11. The van der Waals surface area contributed by atoms with Crippen LogP contribution in [-0.4, -0.2) is 28.2 Å². The monoisotopic (exact) mass is 318 g/mol. The van der Waals surface area contributed by atoms with Crippen molar-refractivity contribution in [2.75, 3.05) is 7.05 Å². The van der Waals surface area contributed by atoms with E-state index in [1.165, 1.54) is 0 Å². The molecule has 3 aromatic rings. The van der Waals surface area contributed by atoms with Gasteiger partial charge in [-0.3, -0.25) is 0 Å². The molecule has 0 amide bonds. The largest absolute Gasteiger partial charge is 0.366 e. The molecule has 2 aromatic heterocycles. The Kier molecular flexibility index (Phi) is 5.35. The van der Waals surface area contributed by atoms with E-state index in [-0.39, 0.29) is 12.4 Å². The van der Waals surface area contributed by atoms with Crippen molar-refractivity contribution in [3.05, 3.63) is 48.5 Å². The summed E-state index contributed by atoms with van der Waals surface area (Å²) in [5.41, 5.74) is 3.11. The zero-order valence-electron chi connectivity index (χ0n) is 12.5. The zero-order chi connectivity index (χ0) is 14.7. The van der Waals surface area contributed by atoms with Gasteiger partial charge < -0.3 is 14.8 Å². The number of likely N-dealkylation sites (N-methyl/N-ethyl adjacent to an activating group) is 1. The number of hydrogen-bond acceptors (Lipinski definition) is 4. The minimum Gasteiger partial charge on any atom is -0.366 e. The van der Waals surface area contributed by atoms with Crippen molar-refractivity contribution in [2.24, 2.45) is 0 Å². The molecule has 0 bridgehead atoms. The lowest BCUT2D eigenvalue weighted by atomic mass is 10.1. The van der Waals surface area contributed by atoms with E-state index in [0.717, 1.165) is 23.1 Å². The van der Waals surface area contributed by atoms with Crippen molar-refractivity contribution in [1.29, 1.82) is 0 Å². The van der Waals surface area contributed by atoms with Gasteiger partial charge >= 0.3 is 0 Å². The molecular weight excluding hydrogens is 300 g/mol. The first-order valence-electron chi connectivity index (χ1n) is 7.00. The highest BCUT2D eigenvalue weighted by Gasteiger charge is 2.16. The zero-order valence-corrected chi connectivity index (χ0v) is 13.4. The second kappa shape index (κ2) is 7.24. The van der Waals surface area contributed by atoms with Gasteiger partial charge in [0.15, 0.2) is 5.82 Å². The molecule has 1 unspecified atom stereocenters. The third-order valence-corrected chi connectivity index (χ3v) is 3.51. The number of H-pyrrole nitrogens is 1. The van der Waals surface area contributed by atoms with Gasteiger partial charge in [0, 0.05) is 30.4 Å². The molecule has 0 aliphatic heterocycles. The average Bonchev–Trinajstić information content (AvgIpc) is 3.16. The quantitative estimate of drug-likeness (QED) is 0.757. The van der Waals surface area contributed by atoms with Crippen molar-refractivity contribution >= 4 is 12.4 Å². The van der Waals surface area contributed by atoms with E-state index in [1.54, 1.807) is 0 Å². The molecule has 0 saturated carbocycles. The van der Waals surface area contributed by atoms with Gasteiger partial charge in [-0.25, -0.2) is 0 Å². The van der Waals surface area contributed by atoms with E-state index in [2.05, 4.69) is 39.5 Å². The van der Waals surface area contributed by atoms with Gasteiger partial charge in [-0.1, -0.05) is 35.5 Å². The lowest BCUT2D eigenvalue weighted by Gasteiger charge is -2.04. The fourth-order valence-electron chi connectivity index (χ4n) is 2.22. The van der Waals surface area contributed by atoms with Gasteiger partial charge in [-0.2, -0.15) is 4.98 Å². The van der Waals surface area contributed by atoms with Crippen LogP contribution in [-0.2, 0) is 6.42 Å². The van der Waals surface area contributed by atoms with E-state index < -0.39 is 0 Å². The molecular formula is C16H19ClN4O. The van der Waals surface area contributed by atoms with Crippen LogP contribution in [0, 0.1) is 0 Å². The molecule has 0 aliphatic carbocycles. The molecule has 0 fully saturated rings. The lowest BCUT2D eigenvalue weighted by Crippen LogP contribution is -2.24. The molecule has 1 atom stereocenters. The van der Waals surface area contributed by atoms with Crippen LogP contribution >= 0.6 is 12.4 Å². The maximum Gasteiger partial charge on any atom is 0.260 e. The van der Waals surface area contributed by atoms with E-state index in [1.807, 2.05) is 37.6 Å². The second-order valence-corrected chi connectivity index (χ2v) is 5.06. The third kappa shape index (κ3) is 3.37. The number of hydrogen-bond donors (Lipinski definition) is 2. The Morgan fingerprint density at radius 3 is 2.64 bits per heavy atom. The summed E-state index contributed by atoms with van der Waals surface area (Å²) in [6, 6.07) is 10.5. The predicted octanol–water partition coefficient (Wildman–Crippen LogP) is 3.30. The fraction of sp³-hybridized carbons (Fsp3) is 0.250. The minimum atomic E-state index is 0. The lowest BCUT2D eigenvalue weighted by molar-refractivity contribution is 0.418. The number of rotatable bonds is 5. The maximum absolute atomic E-state index is 5.41. The molecule has 0 aliphatic rings. The molecule has 2 N–H and O–H groups in total. The number of aromatic amines is 1. The van der Waals surface area contributed by atoms with Crippen LogP contribution in [0.3, 0.4) is 0 Å². The maximum atomic E-state index is 5.41. The molecule has 0 saturated heterocycles. The highest BCUT2D eigenvalue weighted by molar-refractivity contribution is 5.85. The number of nitrogens with zero attached hydrogens (tertiary/aromatic N) is 2. The van der Waals surface area contributed by atoms with Crippen LogP contribution in [0.1, 0.15) is 12.7 Å². The van der Waals surface area contributed by atoms with Crippen molar-refractivity contribution in [3.8, 4) is 22.6 Å². The van der Waals surface area contributed by atoms with Crippen molar-refractivity contribution in [1.82, 2.24) is 20.4 Å². The van der Waals surface area contributed by atoms with Crippen LogP contribution < -0.4 is 5.32 Å². The number of benzene rings is 1. The van der Waals surface area contributed by atoms with Crippen molar-refractivity contribution in [3.63, 3.8) is 0 Å². The molecule has 22 heavy (non-hydrogen) atoms. The Balaban J connectivity index is 0.00000176. The summed E-state index contributed by atoms with van der Waals surface area (Å²) < 4.78 is 5.41. The minimum absolute atomic E-state index is 0. The summed E-state index contributed by atoms with van der Waals surface area (Å²) in [6.07, 6.45) is 4.58. The van der Waals surface area contributed by atoms with Crippen LogP contribution in [0.5, 0.6) is 0 Å². The summed E-state index contributed by atoms with van der Waals surface area (Å²) in [5.74, 6) is 1.26. The van der Waals surface area contributed by atoms with Crippen molar-refractivity contribution in [2.45, 2.75) is 19.4 Å². The summed E-state index contributed by atoms with van der Waals surface area (Å²) in [7, 11) is 1.92. The molecule has 2 heterocycles. The topological polar surface area (TPSA) is 66.7 Å². The van der Waals surface area contributed by atoms with E-state index >= 15 is 0 Å². The standard InChI is InChI=1S/C16H18N4O.ClH/c1-11(17-2)8-15-19-16(21-20-15)14-10-18-9-13(14)12-6-4-3-5-7-12;/h3-7,9-11,17-18H,8H2,1-2H3;1H. The SMILES string of the molecule is CNC(C)Cc1noc(-c2c[nH]cc2-c2ccccc2)n1.Cl. The first-order valence-corrected chi connectivity index (χ1v) is 7.00. The third-order valence-electron chi connectivity index (χ3n) is 3.51. The molecule has 5 nitrogen and oxygen atoms in total. The van der Waals surface area contributed by atoms with Crippen LogP contribution in [0.4, 0.5) is 0 Å². The fourth-order valence-corrected chi connectivity index (χ4v) is 2.22. The summed E-state index contributed by atoms with van der Waals surface area (Å²) in [4.78, 5) is 7.61. The molecule has 0 spiro atoms. The van der Waals surface area contributed by atoms with E-state index in [4.69, 9.17) is 4.52 Å². The molecule has 1 aromatic carbocycles. The number of aromatic nitrogens is 3. The second-order valence-electron chi connectivity index (χ2n) is 5.06. The molecule has 3 rings (SSSR count). The van der Waals surface area contributed by atoms with Gasteiger partial charge in [-0.05, 0) is 19.5 Å². The summed E-state index contributed by atoms with van der Waals surface area (Å²) >= 11 is 0. The van der Waals surface area contributed by atoms with E-state index in [0.29, 0.717) is 17.8 Å². The van der Waals surface area contributed by atoms with Gasteiger partial charge in [0.05, 0.1) is 5.56 Å². The van der Waals surface area contributed by atoms with Gasteiger partial charge in [0.25, 0.3) is 5.89 Å². The Labute approximate surface area is 135 Å². The van der Waals surface area contributed by atoms with E-state index in [9.17, 15) is 0 Å². The molecule has 116 valence electrons. The summed E-state index contributed by atoms with van der Waals surface area (Å²) in [6.45, 7) is 2.09. The van der Waals surface area contributed by atoms with Crippen LogP contribution in [0.25, 0.3) is 22.6 Å².